The molecule has 2 N–H and O–H groups in total. The third-order valence-corrected chi connectivity index (χ3v) is 5.30. The quantitative estimate of drug-likeness (QED) is 0.361. The standard InChI is InChI=1S/C18H23NO5/c1-4-12-9-11(2)18(3,22)17(21)23-10-13-5-7-19-8-6-14(15(13)19)24-16(12)20/h4-5,9,14-15,22H,6-8,10H2,1-3H3/p+1/b11-9-,12-4+/t14-,15+,18+/m1/s1. The summed E-state index contributed by atoms with van der Waals surface area (Å²) in [5.41, 5.74) is -0.144. The van der Waals surface area contributed by atoms with Crippen molar-refractivity contribution in [2.75, 3.05) is 19.7 Å². The maximum atomic E-state index is 12.5. The number of cyclic esters (lactones) is 1. The van der Waals surface area contributed by atoms with E-state index in [1.807, 2.05) is 6.08 Å². The summed E-state index contributed by atoms with van der Waals surface area (Å²) in [5, 5.41) is 10.5. The second-order valence-corrected chi connectivity index (χ2v) is 6.82. The molecule has 6 nitrogen and oxygen atoms in total. The highest BCUT2D eigenvalue weighted by Gasteiger charge is 2.47. The van der Waals surface area contributed by atoms with Gasteiger partial charge in [0.25, 0.3) is 0 Å². The molecule has 0 aromatic carbocycles. The van der Waals surface area contributed by atoms with Crippen LogP contribution in [0.2, 0.25) is 0 Å². The van der Waals surface area contributed by atoms with E-state index in [1.54, 1.807) is 19.9 Å². The van der Waals surface area contributed by atoms with Gasteiger partial charge in [-0.2, -0.15) is 0 Å². The van der Waals surface area contributed by atoms with Crippen LogP contribution < -0.4 is 4.90 Å². The van der Waals surface area contributed by atoms with E-state index in [0.717, 1.165) is 25.1 Å². The van der Waals surface area contributed by atoms with Crippen LogP contribution in [-0.4, -0.2) is 54.5 Å². The molecule has 1 saturated heterocycles. The number of esters is 2. The first kappa shape index (κ1) is 16.9. The smallest absolute Gasteiger partial charge is 0.342 e. The highest BCUT2D eigenvalue weighted by molar-refractivity contribution is 5.93. The van der Waals surface area contributed by atoms with Crippen LogP contribution in [0.3, 0.4) is 0 Å². The summed E-state index contributed by atoms with van der Waals surface area (Å²) in [7, 11) is 0. The highest BCUT2D eigenvalue weighted by atomic mass is 16.6. The molecule has 130 valence electrons. The molecule has 0 aromatic heterocycles. The van der Waals surface area contributed by atoms with Crippen LogP contribution in [0.4, 0.5) is 0 Å². The first-order valence-corrected chi connectivity index (χ1v) is 8.33. The molecular formula is C18H24NO5+. The predicted octanol–water partition coefficient (Wildman–Crippen LogP) is -0.304. The molecule has 0 saturated carbocycles. The lowest BCUT2D eigenvalue weighted by molar-refractivity contribution is -0.896. The molecule has 24 heavy (non-hydrogen) atoms. The Bertz CT molecular complexity index is 658. The fraction of sp³-hybridized carbons (Fsp3) is 0.556. The van der Waals surface area contributed by atoms with E-state index < -0.39 is 17.5 Å². The van der Waals surface area contributed by atoms with Crippen LogP contribution in [0.25, 0.3) is 0 Å². The molecule has 4 atom stereocenters. The van der Waals surface area contributed by atoms with Gasteiger partial charge in [0, 0.05) is 12.0 Å². The second-order valence-electron chi connectivity index (χ2n) is 6.82. The molecule has 3 aliphatic rings. The van der Waals surface area contributed by atoms with E-state index in [1.165, 1.54) is 17.9 Å². The summed E-state index contributed by atoms with van der Waals surface area (Å²) >= 11 is 0. The molecule has 0 amide bonds. The molecule has 1 fully saturated rings. The van der Waals surface area contributed by atoms with E-state index >= 15 is 0 Å². The van der Waals surface area contributed by atoms with Gasteiger partial charge < -0.3 is 19.5 Å². The van der Waals surface area contributed by atoms with Gasteiger partial charge in [0.05, 0.1) is 18.7 Å². The zero-order valence-corrected chi connectivity index (χ0v) is 14.3. The molecule has 1 unspecified atom stereocenters. The maximum Gasteiger partial charge on any atom is 0.342 e. The third kappa shape index (κ3) is 2.80. The van der Waals surface area contributed by atoms with Crippen molar-refractivity contribution in [3.8, 4) is 0 Å². The van der Waals surface area contributed by atoms with E-state index in [4.69, 9.17) is 9.47 Å². The minimum Gasteiger partial charge on any atom is -0.459 e. The van der Waals surface area contributed by atoms with Gasteiger partial charge in [-0.3, -0.25) is 0 Å². The van der Waals surface area contributed by atoms with E-state index in [2.05, 4.69) is 0 Å². The highest BCUT2D eigenvalue weighted by Crippen LogP contribution is 2.25. The van der Waals surface area contributed by atoms with Crippen molar-refractivity contribution in [3.63, 3.8) is 0 Å². The Morgan fingerprint density at radius 3 is 2.88 bits per heavy atom. The summed E-state index contributed by atoms with van der Waals surface area (Å²) in [6.07, 6.45) is 5.77. The first-order valence-electron chi connectivity index (χ1n) is 8.33. The van der Waals surface area contributed by atoms with Crippen molar-refractivity contribution in [2.24, 2.45) is 0 Å². The Morgan fingerprint density at radius 1 is 1.42 bits per heavy atom. The lowest BCUT2D eigenvalue weighted by Gasteiger charge is -2.26. The van der Waals surface area contributed by atoms with Crippen molar-refractivity contribution in [1.82, 2.24) is 0 Å². The number of aliphatic hydroxyl groups is 1. The molecule has 6 heteroatoms. The van der Waals surface area contributed by atoms with Crippen LogP contribution in [0.15, 0.2) is 34.9 Å². The Kier molecular flexibility index (Phi) is 4.36. The monoisotopic (exact) mass is 334 g/mol. The van der Waals surface area contributed by atoms with Gasteiger partial charge in [0.15, 0.2) is 17.7 Å². The van der Waals surface area contributed by atoms with Gasteiger partial charge in [0.2, 0.25) is 0 Å². The fourth-order valence-electron chi connectivity index (χ4n) is 3.60. The maximum absolute atomic E-state index is 12.5. The van der Waals surface area contributed by atoms with Gasteiger partial charge in [-0.1, -0.05) is 6.08 Å². The van der Waals surface area contributed by atoms with Gasteiger partial charge in [-0.25, -0.2) is 9.59 Å². The van der Waals surface area contributed by atoms with Crippen LogP contribution in [0.5, 0.6) is 0 Å². The Balaban J connectivity index is 1.98. The molecule has 3 heterocycles. The van der Waals surface area contributed by atoms with E-state index in [9.17, 15) is 14.7 Å². The summed E-state index contributed by atoms with van der Waals surface area (Å²) in [6.45, 7) is 6.60. The lowest BCUT2D eigenvalue weighted by Crippen LogP contribution is -3.12. The summed E-state index contributed by atoms with van der Waals surface area (Å²) in [5.74, 6) is -1.12. The minimum absolute atomic E-state index is 0.0364. The number of hydrogen-bond donors (Lipinski definition) is 2. The third-order valence-electron chi connectivity index (χ3n) is 5.30. The lowest BCUT2D eigenvalue weighted by atomic mass is 9.94. The minimum atomic E-state index is -1.78. The molecule has 3 aliphatic heterocycles. The summed E-state index contributed by atoms with van der Waals surface area (Å²) in [6, 6.07) is 0.0364. The topological polar surface area (TPSA) is 77.3 Å². The number of carbonyl (C=O) groups is 2. The fourth-order valence-corrected chi connectivity index (χ4v) is 3.60. The van der Waals surface area contributed by atoms with Crippen LogP contribution in [0, 0.1) is 0 Å². The van der Waals surface area contributed by atoms with Crippen molar-refractivity contribution in [3.05, 3.63) is 34.9 Å². The summed E-state index contributed by atoms with van der Waals surface area (Å²) < 4.78 is 11.1. The van der Waals surface area contributed by atoms with Gasteiger partial charge >= 0.3 is 11.9 Å². The largest absolute Gasteiger partial charge is 0.459 e. The van der Waals surface area contributed by atoms with Crippen molar-refractivity contribution < 1.29 is 29.1 Å². The molecule has 0 spiro atoms. The number of hydrogen-bond acceptors (Lipinski definition) is 5. The van der Waals surface area contributed by atoms with Crippen LogP contribution in [0.1, 0.15) is 27.2 Å². The zero-order chi connectivity index (χ0) is 17.5. The SMILES string of the molecule is C/C=C1\C=C(\C)[C@](C)(O)C(=O)OCC2=CC[NH+]3CC[C@@H](OC1=O)[C@H]23. The number of nitrogens with one attached hydrogen (secondary N) is 1. The van der Waals surface area contributed by atoms with Gasteiger partial charge in [0.1, 0.15) is 6.61 Å². The Labute approximate surface area is 141 Å². The average Bonchev–Trinajstić information content (AvgIpc) is 3.12. The number of carbonyl (C=O) groups excluding carboxylic acids is 2. The van der Waals surface area contributed by atoms with Crippen molar-refractivity contribution >= 4 is 11.9 Å². The zero-order valence-electron chi connectivity index (χ0n) is 14.3. The number of allylic oxidation sites excluding steroid dienone is 1. The molecule has 0 aliphatic carbocycles. The Hall–Kier alpha value is -1.92. The van der Waals surface area contributed by atoms with Gasteiger partial charge in [-0.15, -0.1) is 0 Å². The molecular weight excluding hydrogens is 310 g/mol. The average molecular weight is 334 g/mol. The first-order chi connectivity index (χ1) is 11.3. The predicted molar refractivity (Wildman–Crippen MR) is 86.2 cm³/mol. The molecule has 0 bridgehead atoms. The van der Waals surface area contributed by atoms with Crippen molar-refractivity contribution in [1.29, 1.82) is 0 Å². The number of ether oxygens (including phenoxy) is 2. The Morgan fingerprint density at radius 2 is 2.17 bits per heavy atom. The second kappa shape index (κ2) is 6.18. The van der Waals surface area contributed by atoms with Crippen molar-refractivity contribution in [2.45, 2.75) is 44.9 Å². The van der Waals surface area contributed by atoms with Crippen LogP contribution in [-0.2, 0) is 19.1 Å². The summed E-state index contributed by atoms with van der Waals surface area (Å²) in [4.78, 5) is 26.2. The normalized spacial score (nSPS) is 40.7. The van der Waals surface area contributed by atoms with E-state index in [0.29, 0.717) is 11.1 Å². The van der Waals surface area contributed by atoms with E-state index in [-0.39, 0.29) is 18.8 Å². The van der Waals surface area contributed by atoms with Crippen LogP contribution >= 0.6 is 0 Å². The molecule has 0 aromatic rings. The number of quaternary nitrogens is 1. The number of rotatable bonds is 0. The van der Waals surface area contributed by atoms with Gasteiger partial charge in [-0.05, 0) is 38.5 Å². The molecule has 0 radical (unpaired) electrons. The molecule has 3 rings (SSSR count).